The summed E-state index contributed by atoms with van der Waals surface area (Å²) in [6.07, 6.45) is 3.29. The Kier molecular flexibility index (Phi) is 5.20. The van der Waals surface area contributed by atoms with Crippen molar-refractivity contribution in [3.05, 3.63) is 66.2 Å². The summed E-state index contributed by atoms with van der Waals surface area (Å²) >= 11 is 0. The highest BCUT2D eigenvalue weighted by Gasteiger charge is 2.24. The Balaban J connectivity index is 1.41. The van der Waals surface area contributed by atoms with E-state index in [-0.39, 0.29) is 11.3 Å². The highest BCUT2D eigenvalue weighted by Crippen LogP contribution is 2.27. The molecule has 1 aliphatic heterocycles. The maximum Gasteiger partial charge on any atom is 0.253 e. The van der Waals surface area contributed by atoms with E-state index < -0.39 is 0 Å². The number of nitrogens with zero attached hydrogens (tertiary/aromatic N) is 5. The molecule has 0 spiro atoms. The number of carbonyl (C=O) groups excluding carboxylic acids is 1. The zero-order valence-electron chi connectivity index (χ0n) is 17.7. The van der Waals surface area contributed by atoms with Gasteiger partial charge in [-0.2, -0.15) is 0 Å². The minimum atomic E-state index is 0.0804. The molecule has 4 rings (SSSR count). The molecule has 1 saturated heterocycles. The predicted octanol–water partition coefficient (Wildman–Crippen LogP) is 3.11. The van der Waals surface area contributed by atoms with E-state index in [2.05, 4.69) is 48.0 Å². The molecule has 30 heavy (non-hydrogen) atoms. The van der Waals surface area contributed by atoms with Crippen LogP contribution >= 0.6 is 0 Å². The lowest BCUT2D eigenvalue weighted by Gasteiger charge is -2.36. The van der Waals surface area contributed by atoms with Gasteiger partial charge in [0, 0.05) is 31.7 Å². The SMILES string of the molecule is CC(C)(C)c1ccc(C(=O)N2CCN(c3ccc(-n4cnnc4)cc3N)CC2)cc1. The normalized spacial score (nSPS) is 14.8. The van der Waals surface area contributed by atoms with E-state index in [4.69, 9.17) is 5.73 Å². The Morgan fingerprint density at radius 1 is 0.933 bits per heavy atom. The number of anilines is 2. The second kappa shape index (κ2) is 7.82. The molecule has 0 bridgehead atoms. The molecule has 3 aromatic rings. The summed E-state index contributed by atoms with van der Waals surface area (Å²) < 4.78 is 1.82. The molecule has 0 radical (unpaired) electrons. The summed E-state index contributed by atoms with van der Waals surface area (Å²) in [6.45, 7) is 9.37. The average Bonchev–Trinajstić information content (AvgIpc) is 3.28. The maximum atomic E-state index is 12.9. The first kappa shape index (κ1) is 19.9. The van der Waals surface area contributed by atoms with Crippen LogP contribution in [0, 0.1) is 0 Å². The third-order valence-corrected chi connectivity index (χ3v) is 5.63. The van der Waals surface area contributed by atoms with Gasteiger partial charge in [0.1, 0.15) is 12.7 Å². The van der Waals surface area contributed by atoms with Crippen LogP contribution in [0.3, 0.4) is 0 Å². The number of nitrogens with two attached hydrogens (primary N) is 1. The highest BCUT2D eigenvalue weighted by atomic mass is 16.2. The third-order valence-electron chi connectivity index (χ3n) is 5.63. The number of carbonyl (C=O) groups is 1. The van der Waals surface area contributed by atoms with E-state index in [1.807, 2.05) is 39.8 Å². The largest absolute Gasteiger partial charge is 0.397 e. The molecule has 1 amide bonds. The van der Waals surface area contributed by atoms with Crippen molar-refractivity contribution in [1.29, 1.82) is 0 Å². The van der Waals surface area contributed by atoms with Crippen molar-refractivity contribution in [1.82, 2.24) is 19.7 Å². The second-order valence-electron chi connectivity index (χ2n) is 8.72. The standard InChI is InChI=1S/C23H28N6O/c1-23(2,3)18-6-4-17(5-7-18)22(30)28-12-10-27(11-13-28)21-9-8-19(14-20(21)24)29-15-25-26-16-29/h4-9,14-16H,10-13,24H2,1-3H3. The summed E-state index contributed by atoms with van der Waals surface area (Å²) in [5.41, 5.74) is 11.0. The van der Waals surface area contributed by atoms with Crippen LogP contribution in [0.4, 0.5) is 11.4 Å². The van der Waals surface area contributed by atoms with E-state index in [1.54, 1.807) is 12.7 Å². The van der Waals surface area contributed by atoms with E-state index in [0.29, 0.717) is 18.8 Å². The number of aromatic nitrogens is 3. The first-order valence-electron chi connectivity index (χ1n) is 10.2. The molecule has 7 heteroatoms. The van der Waals surface area contributed by atoms with Crippen LogP contribution in [-0.2, 0) is 5.41 Å². The Labute approximate surface area is 177 Å². The van der Waals surface area contributed by atoms with Gasteiger partial charge in [-0.15, -0.1) is 10.2 Å². The van der Waals surface area contributed by atoms with Crippen LogP contribution in [0.15, 0.2) is 55.1 Å². The summed E-state index contributed by atoms with van der Waals surface area (Å²) in [6, 6.07) is 13.9. The van der Waals surface area contributed by atoms with Gasteiger partial charge in [0.15, 0.2) is 0 Å². The maximum absolute atomic E-state index is 12.9. The number of hydrogen-bond donors (Lipinski definition) is 1. The highest BCUT2D eigenvalue weighted by molar-refractivity contribution is 5.94. The fraction of sp³-hybridized carbons (Fsp3) is 0.348. The lowest BCUT2D eigenvalue weighted by molar-refractivity contribution is 0.0747. The fourth-order valence-electron chi connectivity index (χ4n) is 3.77. The fourth-order valence-corrected chi connectivity index (χ4v) is 3.77. The molecule has 7 nitrogen and oxygen atoms in total. The number of piperazine rings is 1. The molecule has 2 aromatic carbocycles. The predicted molar refractivity (Wildman–Crippen MR) is 119 cm³/mol. The molecule has 0 unspecified atom stereocenters. The van der Waals surface area contributed by atoms with Gasteiger partial charge < -0.3 is 15.5 Å². The van der Waals surface area contributed by atoms with Crippen molar-refractivity contribution in [2.75, 3.05) is 36.8 Å². The number of hydrogen-bond acceptors (Lipinski definition) is 5. The second-order valence-corrected chi connectivity index (χ2v) is 8.72. The molecular formula is C23H28N6O. The minimum Gasteiger partial charge on any atom is -0.397 e. The van der Waals surface area contributed by atoms with Crippen molar-refractivity contribution < 1.29 is 4.79 Å². The quantitative estimate of drug-likeness (QED) is 0.679. The van der Waals surface area contributed by atoms with Gasteiger partial charge in [-0.05, 0) is 41.3 Å². The first-order valence-corrected chi connectivity index (χ1v) is 10.2. The summed E-state index contributed by atoms with van der Waals surface area (Å²) in [4.78, 5) is 17.1. The van der Waals surface area contributed by atoms with Crippen molar-refractivity contribution >= 4 is 17.3 Å². The van der Waals surface area contributed by atoms with Crippen LogP contribution in [0.25, 0.3) is 5.69 Å². The van der Waals surface area contributed by atoms with Crippen LogP contribution < -0.4 is 10.6 Å². The van der Waals surface area contributed by atoms with Crippen molar-refractivity contribution in [3.8, 4) is 5.69 Å². The summed E-state index contributed by atoms with van der Waals surface area (Å²) in [5, 5.41) is 7.66. The van der Waals surface area contributed by atoms with Gasteiger partial charge in [-0.1, -0.05) is 32.9 Å². The summed E-state index contributed by atoms with van der Waals surface area (Å²) in [5.74, 6) is 0.0889. The zero-order chi connectivity index (χ0) is 21.3. The molecule has 1 aliphatic rings. The van der Waals surface area contributed by atoms with Crippen molar-refractivity contribution in [2.45, 2.75) is 26.2 Å². The molecule has 1 aromatic heterocycles. The Morgan fingerprint density at radius 2 is 1.57 bits per heavy atom. The monoisotopic (exact) mass is 404 g/mol. The number of rotatable bonds is 3. The smallest absolute Gasteiger partial charge is 0.253 e. The average molecular weight is 405 g/mol. The van der Waals surface area contributed by atoms with Gasteiger partial charge in [0.2, 0.25) is 0 Å². The lowest BCUT2D eigenvalue weighted by atomic mass is 9.86. The topological polar surface area (TPSA) is 80.3 Å². The Hall–Kier alpha value is -3.35. The van der Waals surface area contributed by atoms with E-state index in [9.17, 15) is 4.79 Å². The molecular weight excluding hydrogens is 376 g/mol. The van der Waals surface area contributed by atoms with Gasteiger partial charge in [0.25, 0.3) is 5.91 Å². The van der Waals surface area contributed by atoms with E-state index >= 15 is 0 Å². The van der Waals surface area contributed by atoms with Gasteiger partial charge in [-0.3, -0.25) is 9.36 Å². The van der Waals surface area contributed by atoms with Crippen LogP contribution in [0.5, 0.6) is 0 Å². The van der Waals surface area contributed by atoms with Crippen molar-refractivity contribution in [3.63, 3.8) is 0 Å². The molecule has 1 fully saturated rings. The van der Waals surface area contributed by atoms with E-state index in [1.165, 1.54) is 5.56 Å². The molecule has 2 heterocycles. The molecule has 0 saturated carbocycles. The van der Waals surface area contributed by atoms with Gasteiger partial charge in [-0.25, -0.2) is 0 Å². The third kappa shape index (κ3) is 4.01. The molecule has 2 N–H and O–H groups in total. The Bertz CT molecular complexity index is 1010. The van der Waals surface area contributed by atoms with Crippen LogP contribution in [0.2, 0.25) is 0 Å². The number of amides is 1. The minimum absolute atomic E-state index is 0.0804. The van der Waals surface area contributed by atoms with Gasteiger partial charge in [0.05, 0.1) is 17.1 Å². The molecule has 0 aliphatic carbocycles. The molecule has 156 valence electrons. The number of benzene rings is 2. The number of nitrogen functional groups attached to an aromatic ring is 1. The van der Waals surface area contributed by atoms with Crippen molar-refractivity contribution in [2.24, 2.45) is 0 Å². The van der Waals surface area contributed by atoms with Crippen LogP contribution in [-0.4, -0.2) is 51.8 Å². The Morgan fingerprint density at radius 3 is 2.13 bits per heavy atom. The van der Waals surface area contributed by atoms with E-state index in [0.717, 1.165) is 30.0 Å². The van der Waals surface area contributed by atoms with Crippen LogP contribution in [0.1, 0.15) is 36.7 Å². The zero-order valence-corrected chi connectivity index (χ0v) is 17.7. The lowest BCUT2D eigenvalue weighted by Crippen LogP contribution is -2.49. The summed E-state index contributed by atoms with van der Waals surface area (Å²) in [7, 11) is 0. The first-order chi connectivity index (χ1) is 14.3. The molecule has 0 atom stereocenters. The van der Waals surface area contributed by atoms with Gasteiger partial charge >= 0.3 is 0 Å².